The van der Waals surface area contributed by atoms with Crippen LogP contribution in [-0.2, 0) is 17.4 Å². The van der Waals surface area contributed by atoms with Gasteiger partial charge in [-0.15, -0.1) is 0 Å². The van der Waals surface area contributed by atoms with Gasteiger partial charge in [0.05, 0.1) is 5.56 Å². The lowest BCUT2D eigenvalue weighted by molar-refractivity contribution is -0.137. The summed E-state index contributed by atoms with van der Waals surface area (Å²) in [5.74, 6) is -0.682. The number of nitrogens with two attached hydrogens (primary N) is 1. The van der Waals surface area contributed by atoms with E-state index in [0.29, 0.717) is 29.5 Å². The summed E-state index contributed by atoms with van der Waals surface area (Å²) in [5, 5.41) is 3.19. The fourth-order valence-corrected chi connectivity index (χ4v) is 3.73. The molecule has 0 fully saturated rings. The molecule has 0 aliphatic heterocycles. The molecule has 186 valence electrons. The van der Waals surface area contributed by atoms with Crippen LogP contribution in [0.5, 0.6) is 5.75 Å². The summed E-state index contributed by atoms with van der Waals surface area (Å²) in [6.45, 7) is -1.10. The number of hydrogen-bond acceptors (Lipinski definition) is 3. The molecule has 0 unspecified atom stereocenters. The van der Waals surface area contributed by atoms with Crippen molar-refractivity contribution < 1.29 is 31.5 Å². The Morgan fingerprint density at radius 1 is 0.971 bits per heavy atom. The van der Waals surface area contributed by atoms with Crippen molar-refractivity contribution in [2.45, 2.75) is 44.6 Å². The van der Waals surface area contributed by atoms with E-state index in [4.69, 9.17) is 5.73 Å². The number of primary amides is 1. The molecule has 0 aromatic heterocycles. The Hall–Kier alpha value is -3.46. The number of rotatable bonds is 10. The van der Waals surface area contributed by atoms with Gasteiger partial charge in [-0.1, -0.05) is 54.1 Å². The topological polar surface area (TPSA) is 64.3 Å². The zero-order valence-electron chi connectivity index (χ0n) is 18.9. The highest BCUT2D eigenvalue weighted by atomic mass is 19.4. The average Bonchev–Trinajstić information content (AvgIpc) is 2.79. The van der Waals surface area contributed by atoms with Gasteiger partial charge in [-0.2, -0.15) is 22.0 Å². The quantitative estimate of drug-likeness (QED) is 0.336. The number of hydrogen-bond donors (Lipinski definition) is 2. The van der Waals surface area contributed by atoms with Gasteiger partial charge in [0.15, 0.2) is 0 Å². The summed E-state index contributed by atoms with van der Waals surface area (Å²) in [4.78, 5) is 12.3. The number of carbonyl (C=O) groups excluding carboxylic acids is 1. The van der Waals surface area contributed by atoms with Crippen molar-refractivity contribution in [2.75, 3.05) is 0 Å². The van der Waals surface area contributed by atoms with Gasteiger partial charge in [0.25, 0.3) is 0 Å². The van der Waals surface area contributed by atoms with Gasteiger partial charge in [0.1, 0.15) is 11.8 Å². The highest BCUT2D eigenvalue weighted by molar-refractivity contribution is 5.81. The Kier molecular flexibility index (Phi) is 8.45. The number of alkyl halides is 5. The fraction of sp³-hybridized carbons (Fsp3) is 0.269. The summed E-state index contributed by atoms with van der Waals surface area (Å²) in [6.07, 6.45) is -3.73. The van der Waals surface area contributed by atoms with Crippen LogP contribution in [0.2, 0.25) is 0 Å². The molecular formula is C26H25F5N2O2. The summed E-state index contributed by atoms with van der Waals surface area (Å²) in [5.41, 5.74) is 7.75. The smallest absolute Gasteiger partial charge is 0.416 e. The lowest BCUT2D eigenvalue weighted by Gasteiger charge is -2.25. The van der Waals surface area contributed by atoms with E-state index in [1.54, 1.807) is 24.3 Å². The van der Waals surface area contributed by atoms with Crippen molar-refractivity contribution in [2.24, 2.45) is 5.73 Å². The third-order valence-electron chi connectivity index (χ3n) is 5.55. The van der Waals surface area contributed by atoms with E-state index in [1.165, 1.54) is 24.3 Å². The number of aryl methyl sites for hydroxylation is 2. The number of benzene rings is 3. The van der Waals surface area contributed by atoms with Gasteiger partial charge in [0.2, 0.25) is 5.91 Å². The van der Waals surface area contributed by atoms with Crippen molar-refractivity contribution in [1.29, 1.82) is 0 Å². The molecule has 3 rings (SSSR count). The van der Waals surface area contributed by atoms with Crippen LogP contribution < -0.4 is 15.8 Å². The number of ether oxygens (including phenoxy) is 1. The molecule has 3 aromatic carbocycles. The van der Waals surface area contributed by atoms with E-state index in [1.807, 2.05) is 19.1 Å². The van der Waals surface area contributed by atoms with Crippen LogP contribution >= 0.6 is 0 Å². The largest absolute Gasteiger partial charge is 0.435 e. The van der Waals surface area contributed by atoms with E-state index < -0.39 is 36.3 Å². The SMILES string of the molecule is Cc1ccc([C@H](N[C@@H](CCc2ccc(C(F)(F)F)cc2)c2cccc(OC(F)F)c2)C(N)=O)cc1. The maximum absolute atomic E-state index is 12.9. The first-order chi connectivity index (χ1) is 16.5. The molecular weight excluding hydrogens is 467 g/mol. The second kappa shape index (κ2) is 11.3. The molecule has 0 aliphatic carbocycles. The van der Waals surface area contributed by atoms with Crippen LogP contribution in [0.25, 0.3) is 0 Å². The predicted octanol–water partition coefficient (Wildman–Crippen LogP) is 6.11. The molecule has 0 bridgehead atoms. The van der Waals surface area contributed by atoms with Crippen LogP contribution in [0.3, 0.4) is 0 Å². The first kappa shape index (κ1) is 26.2. The zero-order valence-corrected chi connectivity index (χ0v) is 18.9. The molecule has 4 nitrogen and oxygen atoms in total. The van der Waals surface area contributed by atoms with Crippen molar-refractivity contribution in [1.82, 2.24) is 5.32 Å². The van der Waals surface area contributed by atoms with Crippen molar-refractivity contribution in [3.63, 3.8) is 0 Å². The van der Waals surface area contributed by atoms with Crippen LogP contribution in [0, 0.1) is 6.92 Å². The summed E-state index contributed by atoms with van der Waals surface area (Å²) in [6, 6.07) is 16.6. The molecule has 2 atom stereocenters. The van der Waals surface area contributed by atoms with Crippen LogP contribution in [0.4, 0.5) is 22.0 Å². The lowest BCUT2D eigenvalue weighted by atomic mass is 9.95. The minimum absolute atomic E-state index is 0.0511. The number of amides is 1. The van der Waals surface area contributed by atoms with Gasteiger partial charge in [0, 0.05) is 6.04 Å². The number of halogens is 5. The zero-order chi connectivity index (χ0) is 25.6. The van der Waals surface area contributed by atoms with Gasteiger partial charge in [-0.25, -0.2) is 0 Å². The first-order valence-corrected chi connectivity index (χ1v) is 10.9. The van der Waals surface area contributed by atoms with Crippen LogP contribution in [0.1, 0.15) is 46.3 Å². The summed E-state index contributed by atoms with van der Waals surface area (Å²) < 4.78 is 68.6. The Morgan fingerprint density at radius 2 is 1.63 bits per heavy atom. The summed E-state index contributed by atoms with van der Waals surface area (Å²) in [7, 11) is 0. The minimum atomic E-state index is -4.43. The van der Waals surface area contributed by atoms with Gasteiger partial charge in [-0.3, -0.25) is 10.1 Å². The molecule has 3 aromatic rings. The Bertz CT molecular complexity index is 1120. The maximum Gasteiger partial charge on any atom is 0.416 e. The molecule has 0 spiro atoms. The van der Waals surface area contributed by atoms with Gasteiger partial charge >= 0.3 is 12.8 Å². The second-order valence-electron chi connectivity index (χ2n) is 8.15. The third kappa shape index (κ3) is 7.51. The van der Waals surface area contributed by atoms with Gasteiger partial charge in [-0.05, 0) is 60.7 Å². The Labute approximate surface area is 199 Å². The first-order valence-electron chi connectivity index (χ1n) is 10.9. The fourth-order valence-electron chi connectivity index (χ4n) is 3.73. The van der Waals surface area contributed by atoms with Crippen molar-refractivity contribution >= 4 is 5.91 Å². The molecule has 0 heterocycles. The normalized spacial score (nSPS) is 13.5. The van der Waals surface area contributed by atoms with E-state index in [-0.39, 0.29) is 5.75 Å². The molecule has 35 heavy (non-hydrogen) atoms. The van der Waals surface area contributed by atoms with E-state index >= 15 is 0 Å². The van der Waals surface area contributed by atoms with Crippen LogP contribution in [-0.4, -0.2) is 12.5 Å². The standard InChI is InChI=1S/C26H25F5N2O2/c1-16-5-10-18(11-6-16)23(24(32)34)33-22(19-3-2-4-21(15-19)35-25(27)28)14-9-17-7-12-20(13-8-17)26(29,30)31/h2-8,10-13,15,22-23,25,33H,9,14H2,1H3,(H2,32,34)/t22-,23-/m0/s1. The van der Waals surface area contributed by atoms with E-state index in [0.717, 1.165) is 17.7 Å². The Morgan fingerprint density at radius 3 is 2.20 bits per heavy atom. The second-order valence-corrected chi connectivity index (χ2v) is 8.15. The molecule has 1 amide bonds. The van der Waals surface area contributed by atoms with Crippen molar-refractivity contribution in [3.05, 3.63) is 101 Å². The molecule has 0 radical (unpaired) electrons. The predicted molar refractivity (Wildman–Crippen MR) is 122 cm³/mol. The molecule has 0 saturated heterocycles. The van der Waals surface area contributed by atoms with Crippen LogP contribution in [0.15, 0.2) is 72.8 Å². The van der Waals surface area contributed by atoms with Crippen molar-refractivity contribution in [3.8, 4) is 5.75 Å². The lowest BCUT2D eigenvalue weighted by Crippen LogP contribution is -2.36. The van der Waals surface area contributed by atoms with Gasteiger partial charge < -0.3 is 10.5 Å². The average molecular weight is 492 g/mol. The van der Waals surface area contributed by atoms with E-state index in [2.05, 4.69) is 10.1 Å². The number of carbonyl (C=O) groups is 1. The minimum Gasteiger partial charge on any atom is -0.435 e. The molecule has 3 N–H and O–H groups in total. The van der Waals surface area contributed by atoms with E-state index in [9.17, 15) is 26.7 Å². The molecule has 0 aliphatic rings. The third-order valence-corrected chi connectivity index (χ3v) is 5.55. The molecule has 0 saturated carbocycles. The highest BCUT2D eigenvalue weighted by Crippen LogP contribution is 2.31. The highest BCUT2D eigenvalue weighted by Gasteiger charge is 2.30. The summed E-state index contributed by atoms with van der Waals surface area (Å²) >= 11 is 0. The molecule has 9 heteroatoms. The Balaban J connectivity index is 1.87. The monoisotopic (exact) mass is 492 g/mol. The number of nitrogens with one attached hydrogen (secondary N) is 1. The maximum atomic E-state index is 12.9.